The Hall–Kier alpha value is -1.48. The average molecular weight is 447 g/mol. The van der Waals surface area contributed by atoms with Gasteiger partial charge in [-0.2, -0.15) is 0 Å². The molecule has 0 atom stereocenters. The standard InChI is InChI=1S/C16H15FINO3S/c17-12-7-8-14(15(18)11-12)16(20)19-9-4-10-23(21,22)13-5-2-1-3-6-13/h1-3,5-8,11H,4,9-10H2,(H,19,20). The van der Waals surface area contributed by atoms with Crippen LogP contribution in [0.15, 0.2) is 53.4 Å². The zero-order valence-corrected chi connectivity index (χ0v) is 15.1. The van der Waals surface area contributed by atoms with E-state index in [1.54, 1.807) is 30.3 Å². The number of benzene rings is 2. The molecular formula is C16H15FINO3S. The second-order valence-electron chi connectivity index (χ2n) is 4.87. The van der Waals surface area contributed by atoms with Gasteiger partial charge in [0, 0.05) is 10.1 Å². The molecule has 122 valence electrons. The third kappa shape index (κ3) is 5.00. The minimum Gasteiger partial charge on any atom is -0.352 e. The van der Waals surface area contributed by atoms with E-state index in [4.69, 9.17) is 0 Å². The van der Waals surface area contributed by atoms with Gasteiger partial charge in [0.25, 0.3) is 5.91 Å². The molecule has 2 rings (SSSR count). The van der Waals surface area contributed by atoms with Crippen molar-refractivity contribution in [1.82, 2.24) is 5.32 Å². The fraction of sp³-hybridized carbons (Fsp3) is 0.188. The van der Waals surface area contributed by atoms with Gasteiger partial charge in [-0.25, -0.2) is 12.8 Å². The maximum absolute atomic E-state index is 13.0. The molecule has 1 N–H and O–H groups in total. The van der Waals surface area contributed by atoms with Crippen molar-refractivity contribution in [3.8, 4) is 0 Å². The van der Waals surface area contributed by atoms with Crippen LogP contribution in [-0.2, 0) is 9.84 Å². The SMILES string of the molecule is O=C(NCCCS(=O)(=O)c1ccccc1)c1ccc(F)cc1I. The van der Waals surface area contributed by atoms with E-state index in [-0.39, 0.29) is 23.1 Å². The lowest BCUT2D eigenvalue weighted by Crippen LogP contribution is -2.26. The van der Waals surface area contributed by atoms with Gasteiger partial charge in [0.2, 0.25) is 0 Å². The number of carbonyl (C=O) groups is 1. The Morgan fingerprint density at radius 3 is 2.48 bits per heavy atom. The number of carbonyl (C=O) groups excluding carboxylic acids is 1. The molecule has 0 radical (unpaired) electrons. The maximum atomic E-state index is 13.0. The normalized spacial score (nSPS) is 11.2. The third-order valence-electron chi connectivity index (χ3n) is 3.15. The van der Waals surface area contributed by atoms with E-state index < -0.39 is 15.7 Å². The predicted molar refractivity (Wildman–Crippen MR) is 94.6 cm³/mol. The van der Waals surface area contributed by atoms with Crippen molar-refractivity contribution in [3.05, 3.63) is 63.5 Å². The molecule has 1 amide bonds. The smallest absolute Gasteiger partial charge is 0.252 e. The summed E-state index contributed by atoms with van der Waals surface area (Å²) in [6.07, 6.45) is 0.306. The van der Waals surface area contributed by atoms with E-state index in [1.165, 1.54) is 18.2 Å². The molecule has 2 aromatic carbocycles. The molecule has 0 fully saturated rings. The molecule has 0 bridgehead atoms. The van der Waals surface area contributed by atoms with Gasteiger partial charge in [-0.15, -0.1) is 0 Å². The van der Waals surface area contributed by atoms with Crippen molar-refractivity contribution in [1.29, 1.82) is 0 Å². The van der Waals surface area contributed by atoms with Gasteiger partial charge in [0.1, 0.15) is 5.82 Å². The summed E-state index contributed by atoms with van der Waals surface area (Å²) in [7, 11) is -3.34. The van der Waals surface area contributed by atoms with Crippen molar-refractivity contribution in [2.75, 3.05) is 12.3 Å². The van der Waals surface area contributed by atoms with Crippen LogP contribution in [0.4, 0.5) is 4.39 Å². The summed E-state index contributed by atoms with van der Waals surface area (Å²) in [4.78, 5) is 12.3. The van der Waals surface area contributed by atoms with Gasteiger partial charge in [-0.3, -0.25) is 4.79 Å². The Morgan fingerprint density at radius 2 is 1.83 bits per heavy atom. The van der Waals surface area contributed by atoms with Crippen molar-refractivity contribution >= 4 is 38.3 Å². The predicted octanol–water partition coefficient (Wildman–Crippen LogP) is 3.02. The number of nitrogens with one attached hydrogen (secondary N) is 1. The Bertz CT molecular complexity index is 794. The van der Waals surface area contributed by atoms with Crippen LogP contribution in [0.5, 0.6) is 0 Å². The second kappa shape index (κ2) is 7.87. The van der Waals surface area contributed by atoms with E-state index in [9.17, 15) is 17.6 Å². The van der Waals surface area contributed by atoms with Crippen LogP contribution in [0, 0.1) is 9.39 Å². The zero-order valence-electron chi connectivity index (χ0n) is 12.1. The quantitative estimate of drug-likeness (QED) is 0.547. The second-order valence-corrected chi connectivity index (χ2v) is 8.14. The number of sulfone groups is 1. The van der Waals surface area contributed by atoms with Gasteiger partial charge in [0.15, 0.2) is 9.84 Å². The lowest BCUT2D eigenvalue weighted by Gasteiger charge is -2.08. The largest absolute Gasteiger partial charge is 0.352 e. The van der Waals surface area contributed by atoms with E-state index >= 15 is 0 Å². The van der Waals surface area contributed by atoms with Crippen molar-refractivity contribution in [2.24, 2.45) is 0 Å². The van der Waals surface area contributed by atoms with Crippen molar-refractivity contribution < 1.29 is 17.6 Å². The van der Waals surface area contributed by atoms with Crippen molar-refractivity contribution in [2.45, 2.75) is 11.3 Å². The minimum absolute atomic E-state index is 0.0438. The molecule has 0 unspecified atom stereocenters. The van der Waals surface area contributed by atoms with Crippen LogP contribution in [0.1, 0.15) is 16.8 Å². The summed E-state index contributed by atoms with van der Waals surface area (Å²) in [5.41, 5.74) is 0.373. The lowest BCUT2D eigenvalue weighted by atomic mass is 10.2. The number of hydrogen-bond acceptors (Lipinski definition) is 3. The molecule has 0 spiro atoms. The molecule has 0 aliphatic rings. The van der Waals surface area contributed by atoms with E-state index in [0.717, 1.165) is 0 Å². The first-order chi connectivity index (χ1) is 10.9. The fourth-order valence-electron chi connectivity index (χ4n) is 1.98. The molecule has 2 aromatic rings. The zero-order chi connectivity index (χ0) is 16.9. The van der Waals surface area contributed by atoms with Gasteiger partial charge >= 0.3 is 0 Å². The summed E-state index contributed by atoms with van der Waals surface area (Å²) in [6.45, 7) is 0.234. The highest BCUT2D eigenvalue weighted by Crippen LogP contribution is 2.14. The Labute approximate surface area is 148 Å². The average Bonchev–Trinajstić information content (AvgIpc) is 2.52. The molecular weight excluding hydrogens is 432 g/mol. The minimum atomic E-state index is -3.34. The molecule has 4 nitrogen and oxygen atoms in total. The number of halogens is 2. The Balaban J connectivity index is 1.87. The van der Waals surface area contributed by atoms with E-state index in [1.807, 2.05) is 22.6 Å². The summed E-state index contributed by atoms with van der Waals surface area (Å²) >= 11 is 1.89. The van der Waals surface area contributed by atoms with E-state index in [2.05, 4.69) is 5.32 Å². The highest BCUT2D eigenvalue weighted by molar-refractivity contribution is 14.1. The first-order valence-electron chi connectivity index (χ1n) is 6.91. The Kier molecular flexibility index (Phi) is 6.11. The van der Waals surface area contributed by atoms with Crippen LogP contribution in [0.2, 0.25) is 0 Å². The molecule has 0 heterocycles. The lowest BCUT2D eigenvalue weighted by molar-refractivity contribution is 0.0952. The molecule has 7 heteroatoms. The van der Waals surface area contributed by atoms with Gasteiger partial charge in [-0.1, -0.05) is 18.2 Å². The molecule has 0 aromatic heterocycles. The first kappa shape index (κ1) is 17.9. The van der Waals surface area contributed by atoms with Gasteiger partial charge < -0.3 is 5.32 Å². The molecule has 0 saturated heterocycles. The highest BCUT2D eigenvalue weighted by Gasteiger charge is 2.14. The van der Waals surface area contributed by atoms with Crippen LogP contribution >= 0.6 is 22.6 Å². The van der Waals surface area contributed by atoms with Crippen LogP contribution in [0.25, 0.3) is 0 Å². The summed E-state index contributed by atoms with van der Waals surface area (Å²) in [5.74, 6) is -0.788. The third-order valence-corrected chi connectivity index (χ3v) is 5.86. The maximum Gasteiger partial charge on any atom is 0.252 e. The number of amides is 1. The molecule has 0 aliphatic carbocycles. The fourth-order valence-corrected chi connectivity index (χ4v) is 4.03. The highest BCUT2D eigenvalue weighted by atomic mass is 127. The summed E-state index contributed by atoms with van der Waals surface area (Å²) in [6, 6.07) is 12.1. The topological polar surface area (TPSA) is 63.2 Å². The van der Waals surface area contributed by atoms with Gasteiger partial charge in [-0.05, 0) is 59.3 Å². The number of rotatable bonds is 6. The number of hydrogen-bond donors (Lipinski definition) is 1. The van der Waals surface area contributed by atoms with Crippen LogP contribution < -0.4 is 5.32 Å². The van der Waals surface area contributed by atoms with Gasteiger partial charge in [0.05, 0.1) is 16.2 Å². The molecule has 0 saturated carbocycles. The monoisotopic (exact) mass is 447 g/mol. The van der Waals surface area contributed by atoms with Crippen LogP contribution in [-0.4, -0.2) is 26.6 Å². The van der Waals surface area contributed by atoms with Crippen molar-refractivity contribution in [3.63, 3.8) is 0 Å². The summed E-state index contributed by atoms with van der Waals surface area (Å²) < 4.78 is 37.7. The Morgan fingerprint density at radius 1 is 1.13 bits per heavy atom. The molecule has 23 heavy (non-hydrogen) atoms. The summed E-state index contributed by atoms with van der Waals surface area (Å²) in [5, 5.41) is 2.65. The van der Waals surface area contributed by atoms with E-state index in [0.29, 0.717) is 15.6 Å². The first-order valence-corrected chi connectivity index (χ1v) is 9.64. The van der Waals surface area contributed by atoms with Crippen LogP contribution in [0.3, 0.4) is 0 Å². The molecule has 0 aliphatic heterocycles.